The van der Waals surface area contributed by atoms with Crippen molar-refractivity contribution in [1.29, 1.82) is 0 Å². The predicted molar refractivity (Wildman–Crippen MR) is 143 cm³/mol. The zero-order valence-corrected chi connectivity index (χ0v) is 22.4. The molecule has 5 rings (SSSR count). The Balaban J connectivity index is 1.90. The fourth-order valence-corrected chi connectivity index (χ4v) is 6.71. The van der Waals surface area contributed by atoms with Crippen molar-refractivity contribution in [2.24, 2.45) is 0 Å². The number of hydrogen-bond donors (Lipinski definition) is 2. The molecule has 0 saturated heterocycles. The molecule has 198 valence electrons. The second kappa shape index (κ2) is 8.74. The Bertz CT molecular complexity index is 1530. The van der Waals surface area contributed by atoms with E-state index in [4.69, 9.17) is 4.74 Å². The number of carbonyl (C=O) groups excluding carboxylic acids is 1. The van der Waals surface area contributed by atoms with Gasteiger partial charge in [-0.15, -0.1) is 0 Å². The van der Waals surface area contributed by atoms with Crippen LogP contribution in [0.2, 0.25) is 0 Å². The molecule has 0 aliphatic carbocycles. The summed E-state index contributed by atoms with van der Waals surface area (Å²) in [6, 6.07) is 16.0. The quantitative estimate of drug-likeness (QED) is 0.494. The van der Waals surface area contributed by atoms with Crippen molar-refractivity contribution in [2.75, 3.05) is 38.0 Å². The molecule has 2 aliphatic rings. The van der Waals surface area contributed by atoms with Gasteiger partial charge in [-0.2, -0.15) is 13.1 Å². The van der Waals surface area contributed by atoms with Crippen molar-refractivity contribution in [1.82, 2.24) is 9.03 Å². The summed E-state index contributed by atoms with van der Waals surface area (Å²) in [5.74, 6) is -1.37. The van der Waals surface area contributed by atoms with E-state index < -0.39 is 33.7 Å². The molecule has 0 aromatic heterocycles. The normalized spacial score (nSPS) is 15.8. The molecule has 2 heterocycles. The van der Waals surface area contributed by atoms with Gasteiger partial charge < -0.3 is 19.6 Å². The highest BCUT2D eigenvalue weighted by Crippen LogP contribution is 2.58. The van der Waals surface area contributed by atoms with E-state index in [1.807, 2.05) is 50.1 Å². The number of carbonyl (C=O) groups is 2. The average molecular weight is 537 g/mol. The van der Waals surface area contributed by atoms with Gasteiger partial charge in [-0.25, -0.2) is 4.31 Å². The standard InChI is InChI=1S/C27H28N4O6S/c1-16(26(33)34)28-38(35,36)31-25(32)19-8-6-7-9-20(19)27(31)21-12-10-17(29(2)3)14-23(21)37-24-15-18(30(4)5)11-13-22(24)27/h6-16,28H,1-5H3,(H,33,34). The third-order valence-electron chi connectivity index (χ3n) is 6.94. The first-order valence-electron chi connectivity index (χ1n) is 11.9. The van der Waals surface area contributed by atoms with Gasteiger partial charge in [0.05, 0.1) is 0 Å². The maximum atomic E-state index is 13.9. The molecular weight excluding hydrogens is 508 g/mol. The number of ether oxygens (including phenoxy) is 1. The van der Waals surface area contributed by atoms with Gasteiger partial charge in [0.1, 0.15) is 23.1 Å². The highest BCUT2D eigenvalue weighted by Gasteiger charge is 2.61. The molecule has 0 saturated carbocycles. The highest BCUT2D eigenvalue weighted by molar-refractivity contribution is 7.87. The van der Waals surface area contributed by atoms with Gasteiger partial charge in [0, 0.05) is 74.0 Å². The van der Waals surface area contributed by atoms with Crippen LogP contribution < -0.4 is 19.3 Å². The number of fused-ring (bicyclic) bond motifs is 6. The summed E-state index contributed by atoms with van der Waals surface area (Å²) in [6.07, 6.45) is 0. The van der Waals surface area contributed by atoms with E-state index >= 15 is 0 Å². The number of carboxylic acid groups (broad SMARTS) is 1. The fraction of sp³-hybridized carbons (Fsp3) is 0.259. The lowest BCUT2D eigenvalue weighted by atomic mass is 9.75. The summed E-state index contributed by atoms with van der Waals surface area (Å²) in [6.45, 7) is 1.21. The maximum absolute atomic E-state index is 13.9. The monoisotopic (exact) mass is 536 g/mol. The van der Waals surface area contributed by atoms with Gasteiger partial charge in [0.2, 0.25) is 0 Å². The SMILES string of the molecule is CC(NS(=O)(=O)N1C(=O)c2ccccc2C12c1ccc(N(C)C)cc1Oc1cc(N(C)C)ccc12)C(=O)O. The van der Waals surface area contributed by atoms with Crippen LogP contribution in [-0.2, 0) is 20.5 Å². The zero-order valence-electron chi connectivity index (χ0n) is 21.6. The van der Waals surface area contributed by atoms with Gasteiger partial charge in [-0.1, -0.05) is 30.3 Å². The van der Waals surface area contributed by atoms with Gasteiger partial charge >= 0.3 is 16.2 Å². The van der Waals surface area contributed by atoms with Gasteiger partial charge in [0.25, 0.3) is 5.91 Å². The van der Waals surface area contributed by atoms with Crippen LogP contribution in [0.1, 0.15) is 34.0 Å². The van der Waals surface area contributed by atoms with E-state index in [0.29, 0.717) is 28.2 Å². The Morgan fingerprint density at radius 1 is 0.921 bits per heavy atom. The molecule has 0 radical (unpaired) electrons. The lowest BCUT2D eigenvalue weighted by Crippen LogP contribution is -2.56. The van der Waals surface area contributed by atoms with Crippen molar-refractivity contribution in [2.45, 2.75) is 18.5 Å². The minimum atomic E-state index is -4.69. The second-order valence-corrected chi connectivity index (χ2v) is 11.3. The first-order chi connectivity index (χ1) is 17.9. The molecule has 1 spiro atoms. The lowest BCUT2D eigenvalue weighted by molar-refractivity contribution is -0.138. The summed E-state index contributed by atoms with van der Waals surface area (Å²) in [5.41, 5.74) is 1.54. The van der Waals surface area contributed by atoms with Crippen molar-refractivity contribution in [3.8, 4) is 11.5 Å². The number of rotatable bonds is 6. The summed E-state index contributed by atoms with van der Waals surface area (Å²) < 4.78 is 37.2. The van der Waals surface area contributed by atoms with E-state index in [9.17, 15) is 23.1 Å². The zero-order chi connectivity index (χ0) is 27.6. The highest BCUT2D eigenvalue weighted by atomic mass is 32.2. The van der Waals surface area contributed by atoms with Gasteiger partial charge in [-0.05, 0) is 25.1 Å². The molecule has 0 fully saturated rings. The van der Waals surface area contributed by atoms with Crippen molar-refractivity contribution >= 4 is 33.5 Å². The summed E-state index contributed by atoms with van der Waals surface area (Å²) in [7, 11) is 2.81. The minimum absolute atomic E-state index is 0.202. The number of aliphatic carboxylic acids is 1. The molecule has 3 aromatic rings. The molecular formula is C27H28N4O6S. The van der Waals surface area contributed by atoms with Crippen LogP contribution in [0.5, 0.6) is 11.5 Å². The molecule has 2 N–H and O–H groups in total. The molecule has 3 aromatic carbocycles. The third-order valence-corrected chi connectivity index (χ3v) is 8.51. The van der Waals surface area contributed by atoms with E-state index in [1.165, 1.54) is 6.92 Å². The molecule has 11 heteroatoms. The van der Waals surface area contributed by atoms with Crippen LogP contribution in [0.3, 0.4) is 0 Å². The first kappa shape index (κ1) is 25.6. The van der Waals surface area contributed by atoms with Crippen molar-refractivity contribution < 1.29 is 27.9 Å². The van der Waals surface area contributed by atoms with Crippen LogP contribution in [0.25, 0.3) is 0 Å². The smallest absolute Gasteiger partial charge is 0.321 e. The maximum Gasteiger partial charge on any atom is 0.321 e. The van der Waals surface area contributed by atoms with Crippen molar-refractivity contribution in [3.05, 3.63) is 82.9 Å². The second-order valence-electron chi connectivity index (χ2n) is 9.76. The number of carboxylic acids is 1. The fourth-order valence-electron chi connectivity index (χ4n) is 5.09. The summed E-state index contributed by atoms with van der Waals surface area (Å²) in [4.78, 5) is 29.3. The Hall–Kier alpha value is -4.09. The Labute approximate surface area is 221 Å². The van der Waals surface area contributed by atoms with E-state index in [2.05, 4.69) is 4.72 Å². The van der Waals surface area contributed by atoms with Gasteiger partial charge in [-0.3, -0.25) is 9.59 Å². The number of anilines is 2. The van der Waals surface area contributed by atoms with Crippen LogP contribution in [0.15, 0.2) is 60.7 Å². The predicted octanol–water partition coefficient (Wildman–Crippen LogP) is 2.98. The van der Waals surface area contributed by atoms with Crippen LogP contribution in [0, 0.1) is 0 Å². The number of hydrogen-bond acceptors (Lipinski definition) is 7. The summed E-state index contributed by atoms with van der Waals surface area (Å²) >= 11 is 0. The number of benzene rings is 3. The average Bonchev–Trinajstić information content (AvgIpc) is 3.13. The molecule has 38 heavy (non-hydrogen) atoms. The molecule has 1 amide bonds. The Kier molecular flexibility index (Phi) is 5.88. The Morgan fingerprint density at radius 2 is 1.45 bits per heavy atom. The lowest BCUT2D eigenvalue weighted by Gasteiger charge is -2.43. The number of amides is 1. The van der Waals surface area contributed by atoms with Crippen LogP contribution >= 0.6 is 0 Å². The van der Waals surface area contributed by atoms with Gasteiger partial charge in [0.15, 0.2) is 0 Å². The van der Waals surface area contributed by atoms with E-state index in [1.54, 1.807) is 48.5 Å². The third kappa shape index (κ3) is 3.61. The van der Waals surface area contributed by atoms with Crippen molar-refractivity contribution in [3.63, 3.8) is 0 Å². The molecule has 2 aliphatic heterocycles. The molecule has 1 unspecified atom stereocenters. The number of nitrogens with zero attached hydrogens (tertiary/aromatic N) is 3. The van der Waals surface area contributed by atoms with Crippen LogP contribution in [0.4, 0.5) is 11.4 Å². The van der Waals surface area contributed by atoms with E-state index in [0.717, 1.165) is 15.7 Å². The largest absolute Gasteiger partial charge is 0.480 e. The minimum Gasteiger partial charge on any atom is -0.480 e. The topological polar surface area (TPSA) is 119 Å². The first-order valence-corrected chi connectivity index (χ1v) is 13.3. The number of nitrogens with one attached hydrogen (secondary N) is 1. The Morgan fingerprint density at radius 3 is 1.95 bits per heavy atom. The molecule has 0 bridgehead atoms. The summed E-state index contributed by atoms with van der Waals surface area (Å²) in [5, 5.41) is 9.45. The van der Waals surface area contributed by atoms with Crippen LogP contribution in [-0.4, -0.2) is 63.9 Å². The molecule has 10 nitrogen and oxygen atoms in total. The van der Waals surface area contributed by atoms with E-state index in [-0.39, 0.29) is 5.56 Å². The molecule has 1 atom stereocenters.